The van der Waals surface area contributed by atoms with Crippen LogP contribution in [0.4, 0.5) is 28.4 Å². The number of aryl methyl sites for hydroxylation is 1. The molecule has 3 atom stereocenters. The second-order valence-electron chi connectivity index (χ2n) is 17.9. The standard InChI is InChI=1S/C60H42N4/c1-3-13-44(14-4-1)63(50-31-25-41-19-17-37-9-7-11-39-21-27-46(50)56(41)54(37)39)52-33-35-61-59-48(52)29-23-43-24-30-49-53(34-36-62-60(49)58(43)59)64(45-15-5-2-6-16-45)51-32-26-42-20-18-38-10-8-12-40-22-28-47(51)57(42)55(38)40/h1-9,11-16,18,20-37,54,57H,10,17,19H2. The van der Waals surface area contributed by atoms with E-state index < -0.39 is 0 Å². The van der Waals surface area contributed by atoms with Crippen LogP contribution in [-0.2, 0) is 6.42 Å². The number of nitrogens with zero attached hydrogens (tertiary/aromatic N) is 4. The zero-order valence-corrected chi connectivity index (χ0v) is 35.2. The maximum absolute atomic E-state index is 5.24. The van der Waals surface area contributed by atoms with Gasteiger partial charge in [-0.1, -0.05) is 140 Å². The molecular weight excluding hydrogens is 777 g/mol. The Morgan fingerprint density at radius 3 is 2.09 bits per heavy atom. The third-order valence-electron chi connectivity index (χ3n) is 14.7. The van der Waals surface area contributed by atoms with E-state index in [-0.39, 0.29) is 5.92 Å². The van der Waals surface area contributed by atoms with Crippen molar-refractivity contribution >= 4 is 67.1 Å². The average molecular weight is 819 g/mol. The largest absolute Gasteiger partial charge is 0.309 e. The first-order valence-corrected chi connectivity index (χ1v) is 22.7. The number of anilines is 5. The fourth-order valence-electron chi connectivity index (χ4n) is 12.0. The Hall–Kier alpha value is -7.82. The molecule has 4 nitrogen and oxygen atoms in total. The van der Waals surface area contributed by atoms with E-state index >= 15 is 0 Å². The maximum Gasteiger partial charge on any atom is 0.0823 e. The first kappa shape index (κ1) is 35.7. The van der Waals surface area contributed by atoms with Gasteiger partial charge in [0.25, 0.3) is 0 Å². The van der Waals surface area contributed by atoms with Gasteiger partial charge in [0.1, 0.15) is 0 Å². The maximum atomic E-state index is 5.24. The molecule has 2 aromatic heterocycles. The number of hydrogen-bond acceptors (Lipinski definition) is 4. The zero-order chi connectivity index (χ0) is 41.9. The number of allylic oxidation sites excluding steroid dienone is 18. The van der Waals surface area contributed by atoms with E-state index in [1.807, 2.05) is 12.4 Å². The van der Waals surface area contributed by atoms with Crippen molar-refractivity contribution in [2.45, 2.75) is 25.2 Å². The van der Waals surface area contributed by atoms with Crippen molar-refractivity contribution in [2.24, 2.45) is 11.8 Å². The molecule has 7 aliphatic carbocycles. The summed E-state index contributed by atoms with van der Waals surface area (Å²) in [5, 5.41) is 4.34. The van der Waals surface area contributed by atoms with Gasteiger partial charge in [0, 0.05) is 57.3 Å². The number of aromatic nitrogens is 2. The number of benzene rings is 5. The average Bonchev–Trinajstić information content (AvgIpc) is 3.36. The molecule has 0 bridgehead atoms. The predicted octanol–water partition coefficient (Wildman–Crippen LogP) is 14.8. The first-order valence-electron chi connectivity index (χ1n) is 22.7. The van der Waals surface area contributed by atoms with Crippen LogP contribution in [-0.4, -0.2) is 9.97 Å². The number of pyridine rings is 2. The fraction of sp³-hybridized carbons (Fsp3) is 0.100. The molecule has 2 heterocycles. The van der Waals surface area contributed by atoms with Gasteiger partial charge >= 0.3 is 0 Å². The molecule has 0 spiro atoms. The van der Waals surface area contributed by atoms with Crippen molar-refractivity contribution in [1.29, 1.82) is 0 Å². The molecule has 0 saturated carbocycles. The van der Waals surface area contributed by atoms with Gasteiger partial charge in [-0.2, -0.15) is 0 Å². The number of rotatable bonds is 6. The minimum atomic E-state index is 0.198. The van der Waals surface area contributed by atoms with E-state index in [0.717, 1.165) is 68.2 Å². The summed E-state index contributed by atoms with van der Waals surface area (Å²) in [5.41, 5.74) is 21.2. The summed E-state index contributed by atoms with van der Waals surface area (Å²) in [7, 11) is 0. The third-order valence-corrected chi connectivity index (χ3v) is 14.7. The SMILES string of the molecule is C1=CC2CCc3ccc(N(c4ccccc4)c4ccnc5c4ccc4ccc6c(N(C7=C8C=CC9=C%10C(=CC=C(C=C7)C8%10)CC=C9)c7ccccc7)ccnc6c45)c4c3C2C(=C1)C=C4. The Labute approximate surface area is 372 Å². The Morgan fingerprint density at radius 2 is 1.31 bits per heavy atom. The topological polar surface area (TPSA) is 32.3 Å². The minimum Gasteiger partial charge on any atom is -0.309 e. The predicted molar refractivity (Wildman–Crippen MR) is 264 cm³/mol. The normalized spacial score (nSPS) is 20.6. The van der Waals surface area contributed by atoms with Crippen LogP contribution in [0.5, 0.6) is 0 Å². The van der Waals surface area contributed by atoms with Crippen LogP contribution < -0.4 is 9.80 Å². The number of para-hydroxylation sites is 2. The summed E-state index contributed by atoms with van der Waals surface area (Å²) in [6.07, 6.45) is 37.6. The molecule has 0 fully saturated rings. The van der Waals surface area contributed by atoms with Gasteiger partial charge < -0.3 is 9.80 Å². The zero-order valence-electron chi connectivity index (χ0n) is 35.2. The van der Waals surface area contributed by atoms with Crippen LogP contribution in [0.3, 0.4) is 0 Å². The number of fused-ring (bicyclic) bond motifs is 5. The lowest BCUT2D eigenvalue weighted by atomic mass is 9.66. The molecule has 0 radical (unpaired) electrons. The lowest BCUT2D eigenvalue weighted by molar-refractivity contribution is 0.485. The fourth-order valence-corrected chi connectivity index (χ4v) is 12.0. The van der Waals surface area contributed by atoms with Gasteiger partial charge in [-0.05, 0) is 124 Å². The van der Waals surface area contributed by atoms with Crippen LogP contribution in [0.25, 0.3) is 38.7 Å². The summed E-state index contributed by atoms with van der Waals surface area (Å²) in [4.78, 5) is 15.4. The van der Waals surface area contributed by atoms with E-state index in [9.17, 15) is 0 Å². The quantitative estimate of drug-likeness (QED) is 0.157. The summed E-state index contributed by atoms with van der Waals surface area (Å²) >= 11 is 0. The summed E-state index contributed by atoms with van der Waals surface area (Å²) in [6, 6.07) is 39.8. The van der Waals surface area contributed by atoms with Crippen LogP contribution in [0.15, 0.2) is 234 Å². The first-order chi connectivity index (χ1) is 31.8. The molecule has 3 unspecified atom stereocenters. The second-order valence-corrected chi connectivity index (χ2v) is 17.9. The van der Waals surface area contributed by atoms with Crippen molar-refractivity contribution in [3.63, 3.8) is 0 Å². The van der Waals surface area contributed by atoms with Crippen LogP contribution in [0, 0.1) is 11.8 Å². The Balaban J connectivity index is 0.977. The molecule has 5 aromatic carbocycles. The van der Waals surface area contributed by atoms with Crippen molar-refractivity contribution in [2.75, 3.05) is 9.80 Å². The monoisotopic (exact) mass is 818 g/mol. The molecule has 302 valence electrons. The van der Waals surface area contributed by atoms with Gasteiger partial charge in [0.2, 0.25) is 0 Å². The van der Waals surface area contributed by atoms with E-state index in [4.69, 9.17) is 9.97 Å². The van der Waals surface area contributed by atoms with E-state index in [0.29, 0.717) is 11.8 Å². The molecular formula is C60H42N4. The summed E-state index contributed by atoms with van der Waals surface area (Å²) < 4.78 is 0. The molecule has 0 aliphatic heterocycles. The van der Waals surface area contributed by atoms with Gasteiger partial charge in [0.05, 0.1) is 33.8 Å². The van der Waals surface area contributed by atoms with Crippen LogP contribution in [0.2, 0.25) is 0 Å². The lowest BCUT2D eigenvalue weighted by Crippen LogP contribution is -2.27. The third kappa shape index (κ3) is 5.17. The minimum absolute atomic E-state index is 0.198. The molecule has 0 amide bonds. The van der Waals surface area contributed by atoms with Gasteiger partial charge in [-0.25, -0.2) is 0 Å². The van der Waals surface area contributed by atoms with Gasteiger partial charge in [-0.15, -0.1) is 0 Å². The van der Waals surface area contributed by atoms with Gasteiger partial charge in [-0.3, -0.25) is 9.97 Å². The highest BCUT2D eigenvalue weighted by Gasteiger charge is 2.38. The molecule has 0 saturated heterocycles. The Bertz CT molecular complexity index is 3530. The van der Waals surface area contributed by atoms with E-state index in [2.05, 4.69) is 198 Å². The molecule has 64 heavy (non-hydrogen) atoms. The summed E-state index contributed by atoms with van der Waals surface area (Å²) in [5.74, 6) is 1.13. The second kappa shape index (κ2) is 13.8. The highest BCUT2D eigenvalue weighted by atomic mass is 15.2. The van der Waals surface area contributed by atoms with E-state index in [1.165, 1.54) is 67.9 Å². The summed E-state index contributed by atoms with van der Waals surface area (Å²) in [6.45, 7) is 0. The van der Waals surface area contributed by atoms with E-state index in [1.54, 1.807) is 0 Å². The van der Waals surface area contributed by atoms with Crippen LogP contribution >= 0.6 is 0 Å². The molecule has 4 heteroatoms. The molecule has 7 aliphatic rings. The van der Waals surface area contributed by atoms with Crippen molar-refractivity contribution in [1.82, 2.24) is 9.97 Å². The highest BCUT2D eigenvalue weighted by Crippen LogP contribution is 2.54. The van der Waals surface area contributed by atoms with Gasteiger partial charge in [0.15, 0.2) is 0 Å². The molecule has 7 aromatic rings. The lowest BCUT2D eigenvalue weighted by Gasteiger charge is -2.40. The van der Waals surface area contributed by atoms with Crippen molar-refractivity contribution in [3.05, 3.63) is 250 Å². The Morgan fingerprint density at radius 1 is 0.578 bits per heavy atom. The number of hydrogen-bond donors (Lipinski definition) is 0. The molecule has 0 N–H and O–H groups in total. The highest BCUT2D eigenvalue weighted by molar-refractivity contribution is 6.21. The Kier molecular flexibility index (Phi) is 7.73. The molecule has 14 rings (SSSR count). The smallest absolute Gasteiger partial charge is 0.0823 e. The van der Waals surface area contributed by atoms with Crippen LogP contribution in [0.1, 0.15) is 35.4 Å². The van der Waals surface area contributed by atoms with Crippen molar-refractivity contribution in [3.8, 4) is 0 Å². The van der Waals surface area contributed by atoms with Crippen molar-refractivity contribution < 1.29 is 0 Å².